The normalized spacial score (nSPS) is 18.0. The van der Waals surface area contributed by atoms with Crippen LogP contribution in [0.2, 0.25) is 0 Å². The zero-order valence-corrected chi connectivity index (χ0v) is 25.4. The van der Waals surface area contributed by atoms with Crippen LogP contribution in [0.1, 0.15) is 24.2 Å². The Kier molecular flexibility index (Phi) is 7.96. The van der Waals surface area contributed by atoms with Gasteiger partial charge in [0.05, 0.1) is 36.0 Å². The minimum Gasteiger partial charge on any atom is -0.494 e. The summed E-state index contributed by atoms with van der Waals surface area (Å²) in [5, 5.41) is 7.15. The Morgan fingerprint density at radius 1 is 1.11 bits per heavy atom. The number of rotatable bonds is 9. The standard InChI is InChI=1S/C33H37N7O4/c1-6-30(41)36-26-11-27(29(43-5)12-28(26)40-17-20-15-39(4)16-21(20)18-40)37-33-35-14-24(32(42)44-19(2)3)31(38-33)23-13-34-25-10-8-7-9-22(23)25/h6-14,19-21,34H,1,15-18H2,2-5H3,(H,36,41)(H,35,37,38). The molecular formula is C33H37N7O4. The van der Waals surface area contributed by atoms with Crippen LogP contribution in [0.4, 0.5) is 23.0 Å². The number of H-pyrrole nitrogens is 1. The van der Waals surface area contributed by atoms with E-state index in [-0.39, 0.29) is 23.5 Å². The Labute approximate surface area is 256 Å². The summed E-state index contributed by atoms with van der Waals surface area (Å²) in [6.45, 7) is 11.1. The van der Waals surface area contributed by atoms with Crippen molar-refractivity contribution in [2.24, 2.45) is 11.8 Å². The average molecular weight is 596 g/mol. The topological polar surface area (TPSA) is 125 Å². The quantitative estimate of drug-likeness (QED) is 0.180. The lowest BCUT2D eigenvalue weighted by atomic mass is 10.0. The minimum absolute atomic E-state index is 0.247. The monoisotopic (exact) mass is 595 g/mol. The summed E-state index contributed by atoms with van der Waals surface area (Å²) in [5.41, 5.74) is 4.39. The van der Waals surface area contributed by atoms with Crippen LogP contribution in [0.25, 0.3) is 22.2 Å². The summed E-state index contributed by atoms with van der Waals surface area (Å²) in [6, 6.07) is 11.6. The fraction of sp³-hybridized carbons (Fsp3) is 0.333. The molecule has 2 aromatic heterocycles. The molecule has 2 atom stereocenters. The highest BCUT2D eigenvalue weighted by molar-refractivity contribution is 6.03. The number of aromatic nitrogens is 3. The van der Waals surface area contributed by atoms with Gasteiger partial charge in [0.25, 0.3) is 0 Å². The Balaban J connectivity index is 1.39. The fourth-order valence-electron chi connectivity index (χ4n) is 6.27. The van der Waals surface area contributed by atoms with Gasteiger partial charge in [-0.05, 0) is 50.9 Å². The molecule has 1 amide bonds. The van der Waals surface area contributed by atoms with Crippen molar-refractivity contribution in [3.8, 4) is 17.0 Å². The molecule has 2 aliphatic heterocycles. The van der Waals surface area contributed by atoms with Crippen LogP contribution in [0.3, 0.4) is 0 Å². The van der Waals surface area contributed by atoms with Gasteiger partial charge in [0.15, 0.2) is 0 Å². The highest BCUT2D eigenvalue weighted by Crippen LogP contribution is 2.42. The number of likely N-dealkylation sites (tertiary alicyclic amines) is 1. The van der Waals surface area contributed by atoms with Crippen LogP contribution in [0.5, 0.6) is 5.75 Å². The minimum atomic E-state index is -0.509. The molecule has 228 valence electrons. The average Bonchev–Trinajstić information content (AvgIpc) is 3.70. The number of para-hydroxylation sites is 1. The van der Waals surface area contributed by atoms with Crippen molar-refractivity contribution in [1.82, 2.24) is 19.9 Å². The first-order valence-electron chi connectivity index (χ1n) is 14.7. The second-order valence-electron chi connectivity index (χ2n) is 11.7. The van der Waals surface area contributed by atoms with Crippen molar-refractivity contribution in [2.45, 2.75) is 20.0 Å². The molecule has 4 heterocycles. The zero-order chi connectivity index (χ0) is 31.0. The molecule has 44 heavy (non-hydrogen) atoms. The highest BCUT2D eigenvalue weighted by atomic mass is 16.5. The van der Waals surface area contributed by atoms with E-state index in [2.05, 4.69) is 44.0 Å². The summed E-state index contributed by atoms with van der Waals surface area (Å²) in [7, 11) is 3.76. The van der Waals surface area contributed by atoms with Crippen LogP contribution >= 0.6 is 0 Å². The third kappa shape index (κ3) is 5.70. The molecule has 0 bridgehead atoms. The molecule has 0 spiro atoms. The number of fused-ring (bicyclic) bond motifs is 2. The molecule has 0 aliphatic carbocycles. The third-order valence-electron chi connectivity index (χ3n) is 8.21. The van der Waals surface area contributed by atoms with Gasteiger partial charge in [-0.25, -0.2) is 14.8 Å². The van der Waals surface area contributed by atoms with E-state index >= 15 is 0 Å². The van der Waals surface area contributed by atoms with Crippen molar-refractivity contribution in [3.05, 3.63) is 67.0 Å². The molecule has 2 fully saturated rings. The number of hydrogen-bond donors (Lipinski definition) is 3. The number of carbonyl (C=O) groups excluding carboxylic acids is 2. The molecule has 4 aromatic rings. The molecule has 0 radical (unpaired) electrons. The second kappa shape index (κ2) is 12.0. The molecule has 2 unspecified atom stereocenters. The van der Waals surface area contributed by atoms with E-state index in [1.54, 1.807) is 21.0 Å². The lowest BCUT2D eigenvalue weighted by Crippen LogP contribution is -2.27. The molecular weight excluding hydrogens is 558 g/mol. The molecule has 2 aromatic carbocycles. The van der Waals surface area contributed by atoms with E-state index in [1.165, 1.54) is 12.3 Å². The number of nitrogens with zero attached hydrogens (tertiary/aromatic N) is 4. The summed E-state index contributed by atoms with van der Waals surface area (Å²) in [5.74, 6) is 1.13. The van der Waals surface area contributed by atoms with E-state index in [1.807, 2.05) is 42.6 Å². The first-order valence-corrected chi connectivity index (χ1v) is 14.7. The maximum Gasteiger partial charge on any atom is 0.342 e. The number of ether oxygens (including phenoxy) is 2. The number of nitrogens with one attached hydrogen (secondary N) is 3. The van der Waals surface area contributed by atoms with Gasteiger partial charge in [-0.1, -0.05) is 24.8 Å². The first-order chi connectivity index (χ1) is 21.2. The Bertz CT molecular complexity index is 1720. The summed E-state index contributed by atoms with van der Waals surface area (Å²) < 4.78 is 11.3. The maximum absolute atomic E-state index is 13.1. The number of aromatic amines is 1. The van der Waals surface area contributed by atoms with E-state index in [9.17, 15) is 9.59 Å². The van der Waals surface area contributed by atoms with Crippen molar-refractivity contribution in [3.63, 3.8) is 0 Å². The van der Waals surface area contributed by atoms with Crippen molar-refractivity contribution < 1.29 is 19.1 Å². The largest absolute Gasteiger partial charge is 0.494 e. The molecule has 2 aliphatic rings. The number of esters is 1. The molecule has 11 nitrogen and oxygen atoms in total. The van der Waals surface area contributed by atoms with Crippen molar-refractivity contribution >= 4 is 45.8 Å². The molecule has 3 N–H and O–H groups in total. The molecule has 11 heteroatoms. The second-order valence-corrected chi connectivity index (χ2v) is 11.7. The summed E-state index contributed by atoms with van der Waals surface area (Å²) >= 11 is 0. The first kappa shape index (κ1) is 29.2. The van der Waals surface area contributed by atoms with E-state index < -0.39 is 5.97 Å². The molecule has 6 rings (SSSR count). The Hall–Kier alpha value is -4.90. The van der Waals surface area contributed by atoms with Gasteiger partial charge in [0.2, 0.25) is 11.9 Å². The number of benzene rings is 2. The van der Waals surface area contributed by atoms with Gasteiger partial charge in [-0.3, -0.25) is 4.79 Å². The number of amides is 1. The molecule has 2 saturated heterocycles. The van der Waals surface area contributed by atoms with E-state index in [0.717, 1.165) is 48.3 Å². The Morgan fingerprint density at radius 2 is 1.86 bits per heavy atom. The highest BCUT2D eigenvalue weighted by Gasteiger charge is 2.39. The van der Waals surface area contributed by atoms with Gasteiger partial charge >= 0.3 is 5.97 Å². The smallest absolute Gasteiger partial charge is 0.342 e. The predicted octanol–water partition coefficient (Wildman–Crippen LogP) is 5.06. The van der Waals surface area contributed by atoms with Crippen LogP contribution in [0, 0.1) is 11.8 Å². The van der Waals surface area contributed by atoms with Crippen LogP contribution < -0.4 is 20.3 Å². The SMILES string of the molecule is C=CC(=O)Nc1cc(Nc2ncc(C(=O)OC(C)C)c(-c3c[nH]c4ccccc34)n2)c(OC)cc1N1CC2CN(C)CC2C1. The van der Waals surface area contributed by atoms with Gasteiger partial charge in [-0.2, -0.15) is 0 Å². The number of carbonyl (C=O) groups is 2. The number of anilines is 4. The van der Waals surface area contributed by atoms with Gasteiger partial charge in [0.1, 0.15) is 11.3 Å². The number of methoxy groups -OCH3 is 1. The van der Waals surface area contributed by atoms with E-state index in [4.69, 9.17) is 14.5 Å². The lowest BCUT2D eigenvalue weighted by Gasteiger charge is -2.26. The lowest BCUT2D eigenvalue weighted by molar-refractivity contribution is -0.111. The third-order valence-corrected chi connectivity index (χ3v) is 8.21. The zero-order valence-electron chi connectivity index (χ0n) is 25.4. The maximum atomic E-state index is 13.1. The van der Waals surface area contributed by atoms with Crippen LogP contribution in [-0.4, -0.2) is 78.2 Å². The fourth-order valence-corrected chi connectivity index (χ4v) is 6.27. The summed E-state index contributed by atoms with van der Waals surface area (Å²) in [6.07, 6.45) is 4.24. The number of hydrogen-bond acceptors (Lipinski definition) is 9. The van der Waals surface area contributed by atoms with Crippen molar-refractivity contribution in [1.29, 1.82) is 0 Å². The van der Waals surface area contributed by atoms with Gasteiger partial charge in [-0.15, -0.1) is 0 Å². The van der Waals surface area contributed by atoms with Gasteiger partial charge in [0, 0.05) is 61.1 Å². The van der Waals surface area contributed by atoms with Gasteiger partial charge < -0.3 is 34.9 Å². The van der Waals surface area contributed by atoms with Crippen LogP contribution in [0.15, 0.2) is 61.4 Å². The Morgan fingerprint density at radius 3 is 2.57 bits per heavy atom. The molecule has 0 saturated carbocycles. The summed E-state index contributed by atoms with van der Waals surface area (Å²) in [4.78, 5) is 42.8. The predicted molar refractivity (Wildman–Crippen MR) is 172 cm³/mol. The van der Waals surface area contributed by atoms with Crippen molar-refractivity contribution in [2.75, 3.05) is 55.9 Å². The van der Waals surface area contributed by atoms with E-state index in [0.29, 0.717) is 34.7 Å². The van der Waals surface area contributed by atoms with Crippen LogP contribution in [-0.2, 0) is 9.53 Å².